The van der Waals surface area contributed by atoms with Crippen molar-refractivity contribution in [2.75, 3.05) is 13.1 Å². The summed E-state index contributed by atoms with van der Waals surface area (Å²) in [6.07, 6.45) is -4.26. The molecule has 2 unspecified atom stereocenters. The highest BCUT2D eigenvalue weighted by Gasteiger charge is 2.30. The van der Waals surface area contributed by atoms with Crippen LogP contribution in [0.4, 0.5) is 22.4 Å². The van der Waals surface area contributed by atoms with Crippen molar-refractivity contribution < 1.29 is 31.8 Å². The van der Waals surface area contributed by atoms with Crippen molar-refractivity contribution in [2.45, 2.75) is 45.6 Å². The van der Waals surface area contributed by atoms with E-state index in [-0.39, 0.29) is 12.1 Å². The first kappa shape index (κ1) is 19.3. The van der Waals surface area contributed by atoms with Crippen LogP contribution in [-0.2, 0) is 11.3 Å². The van der Waals surface area contributed by atoms with E-state index in [1.54, 1.807) is 0 Å². The van der Waals surface area contributed by atoms with Gasteiger partial charge in [0.15, 0.2) is 0 Å². The molecule has 25 heavy (non-hydrogen) atoms. The lowest BCUT2D eigenvalue weighted by Crippen LogP contribution is -2.57. The SMILES string of the molecule is CC1CNCC(C)N1C(=O)OCc1c(F)cc(OC(C)(F)F)cc1F. The van der Waals surface area contributed by atoms with Gasteiger partial charge in [0.2, 0.25) is 0 Å². The third-order valence-corrected chi connectivity index (χ3v) is 3.79. The highest BCUT2D eigenvalue weighted by molar-refractivity contribution is 5.68. The first-order valence-corrected chi connectivity index (χ1v) is 7.79. The summed E-state index contributed by atoms with van der Waals surface area (Å²) in [5, 5.41) is 3.14. The molecule has 9 heteroatoms. The van der Waals surface area contributed by atoms with Crippen LogP contribution in [0.2, 0.25) is 0 Å². The largest absolute Gasteiger partial charge is 0.444 e. The van der Waals surface area contributed by atoms with Gasteiger partial charge in [-0.1, -0.05) is 0 Å². The van der Waals surface area contributed by atoms with Crippen LogP contribution in [-0.4, -0.2) is 42.3 Å². The smallest absolute Gasteiger partial charge is 0.410 e. The number of piperazine rings is 1. The van der Waals surface area contributed by atoms with E-state index in [4.69, 9.17) is 4.74 Å². The Kier molecular flexibility index (Phi) is 5.76. The number of rotatable bonds is 4. The van der Waals surface area contributed by atoms with Gasteiger partial charge >= 0.3 is 12.2 Å². The van der Waals surface area contributed by atoms with Gasteiger partial charge in [0.1, 0.15) is 24.0 Å². The number of halogens is 4. The third kappa shape index (κ3) is 4.97. The number of alkyl halides is 2. The van der Waals surface area contributed by atoms with Gasteiger partial charge in [-0.2, -0.15) is 8.78 Å². The lowest BCUT2D eigenvalue weighted by atomic mass is 10.1. The molecule has 0 saturated carbocycles. The van der Waals surface area contributed by atoms with Gasteiger partial charge in [-0.25, -0.2) is 13.6 Å². The van der Waals surface area contributed by atoms with Gasteiger partial charge in [-0.15, -0.1) is 0 Å². The van der Waals surface area contributed by atoms with Gasteiger partial charge in [0.25, 0.3) is 0 Å². The van der Waals surface area contributed by atoms with Crippen LogP contribution in [0.15, 0.2) is 12.1 Å². The van der Waals surface area contributed by atoms with Crippen molar-refractivity contribution in [3.05, 3.63) is 29.3 Å². The van der Waals surface area contributed by atoms with Crippen LogP contribution in [0.5, 0.6) is 5.75 Å². The number of hydrogen-bond acceptors (Lipinski definition) is 4. The standard InChI is InChI=1S/C16H20F4N2O3/c1-9-6-21-7-10(2)22(9)15(23)24-8-12-13(17)4-11(5-14(12)18)25-16(3,19)20/h4-5,9-10,21H,6-8H2,1-3H3. The van der Waals surface area contributed by atoms with Gasteiger partial charge < -0.3 is 19.7 Å². The molecule has 1 heterocycles. The van der Waals surface area contributed by atoms with Crippen LogP contribution >= 0.6 is 0 Å². The fourth-order valence-corrected chi connectivity index (χ4v) is 2.68. The van der Waals surface area contributed by atoms with Crippen LogP contribution in [0.3, 0.4) is 0 Å². The summed E-state index contributed by atoms with van der Waals surface area (Å²) in [6, 6.07) is 0.987. The van der Waals surface area contributed by atoms with Crippen molar-refractivity contribution in [1.29, 1.82) is 0 Å². The number of ether oxygens (including phenoxy) is 2. The van der Waals surface area contributed by atoms with E-state index in [0.717, 1.165) is 0 Å². The molecular formula is C16H20F4N2O3. The van der Waals surface area contributed by atoms with Crippen molar-refractivity contribution in [3.8, 4) is 5.75 Å². The fourth-order valence-electron chi connectivity index (χ4n) is 2.68. The predicted octanol–water partition coefficient (Wildman–Crippen LogP) is 3.28. The summed E-state index contributed by atoms with van der Waals surface area (Å²) in [4.78, 5) is 13.7. The lowest BCUT2D eigenvalue weighted by molar-refractivity contribution is -0.159. The number of nitrogens with one attached hydrogen (secondary N) is 1. The van der Waals surface area contributed by atoms with Crippen LogP contribution < -0.4 is 10.1 Å². The maximum absolute atomic E-state index is 14.0. The molecule has 1 aliphatic heterocycles. The molecule has 1 fully saturated rings. The Bertz CT molecular complexity index is 603. The molecule has 1 aromatic carbocycles. The molecule has 0 radical (unpaired) electrons. The summed E-state index contributed by atoms with van der Waals surface area (Å²) < 4.78 is 62.6. The summed E-state index contributed by atoms with van der Waals surface area (Å²) in [5.74, 6) is -2.91. The molecule has 0 aromatic heterocycles. The van der Waals surface area contributed by atoms with E-state index in [9.17, 15) is 22.4 Å². The molecule has 1 amide bonds. The highest BCUT2D eigenvalue weighted by Crippen LogP contribution is 2.26. The zero-order chi connectivity index (χ0) is 18.8. The number of nitrogens with zero attached hydrogens (tertiary/aromatic N) is 1. The van der Waals surface area contributed by atoms with Gasteiger partial charge in [0, 0.05) is 44.2 Å². The molecule has 1 aliphatic rings. The molecule has 0 bridgehead atoms. The second-order valence-electron chi connectivity index (χ2n) is 6.09. The van der Waals surface area contributed by atoms with Crippen LogP contribution in [0.1, 0.15) is 26.3 Å². The Morgan fingerprint density at radius 1 is 1.24 bits per heavy atom. The molecule has 140 valence electrons. The molecule has 2 rings (SSSR count). The van der Waals surface area contributed by atoms with E-state index in [2.05, 4.69) is 10.1 Å². The Morgan fingerprint density at radius 3 is 2.24 bits per heavy atom. The first-order valence-electron chi connectivity index (χ1n) is 7.79. The molecule has 1 N–H and O–H groups in total. The van der Waals surface area contributed by atoms with Crippen molar-refractivity contribution >= 4 is 6.09 Å². The van der Waals surface area contributed by atoms with Gasteiger partial charge in [-0.05, 0) is 13.8 Å². The minimum absolute atomic E-state index is 0.131. The zero-order valence-corrected chi connectivity index (χ0v) is 14.1. The molecule has 1 aromatic rings. The number of benzene rings is 1. The molecular weight excluding hydrogens is 344 g/mol. The van der Waals surface area contributed by atoms with E-state index >= 15 is 0 Å². The van der Waals surface area contributed by atoms with Crippen LogP contribution in [0, 0.1) is 11.6 Å². The molecule has 0 spiro atoms. The quantitative estimate of drug-likeness (QED) is 0.833. The molecule has 0 aliphatic carbocycles. The number of hydrogen-bond donors (Lipinski definition) is 1. The average Bonchev–Trinajstić information content (AvgIpc) is 2.44. The van der Waals surface area contributed by atoms with Crippen molar-refractivity contribution in [1.82, 2.24) is 10.2 Å². The normalized spacial score (nSPS) is 21.2. The highest BCUT2D eigenvalue weighted by atomic mass is 19.3. The van der Waals surface area contributed by atoms with Crippen molar-refractivity contribution in [3.63, 3.8) is 0 Å². The Hall–Kier alpha value is -2.03. The second kappa shape index (κ2) is 7.47. The first-order chi connectivity index (χ1) is 11.6. The number of carbonyl (C=O) groups is 1. The Labute approximate surface area is 142 Å². The zero-order valence-electron chi connectivity index (χ0n) is 14.1. The molecule has 1 saturated heterocycles. The maximum atomic E-state index is 14.0. The molecule has 5 nitrogen and oxygen atoms in total. The van der Waals surface area contributed by atoms with E-state index in [0.29, 0.717) is 32.1 Å². The third-order valence-electron chi connectivity index (χ3n) is 3.79. The monoisotopic (exact) mass is 364 g/mol. The predicted molar refractivity (Wildman–Crippen MR) is 81.4 cm³/mol. The maximum Gasteiger partial charge on any atom is 0.410 e. The summed E-state index contributed by atoms with van der Waals surface area (Å²) >= 11 is 0. The summed E-state index contributed by atoms with van der Waals surface area (Å²) in [5.41, 5.74) is -0.532. The summed E-state index contributed by atoms with van der Waals surface area (Å²) in [6.45, 7) is 4.61. The van der Waals surface area contributed by atoms with E-state index < -0.39 is 41.8 Å². The van der Waals surface area contributed by atoms with E-state index in [1.807, 2.05) is 13.8 Å². The van der Waals surface area contributed by atoms with Crippen LogP contribution in [0.25, 0.3) is 0 Å². The lowest BCUT2D eigenvalue weighted by Gasteiger charge is -2.38. The topological polar surface area (TPSA) is 50.8 Å². The fraction of sp³-hybridized carbons (Fsp3) is 0.562. The van der Waals surface area contributed by atoms with Gasteiger partial charge in [0.05, 0.1) is 5.56 Å². The minimum Gasteiger partial charge on any atom is -0.444 e. The average molecular weight is 364 g/mol. The Balaban J connectivity index is 2.06. The number of amides is 1. The van der Waals surface area contributed by atoms with E-state index in [1.165, 1.54) is 4.90 Å². The van der Waals surface area contributed by atoms with Gasteiger partial charge in [-0.3, -0.25) is 0 Å². The minimum atomic E-state index is -3.57. The van der Waals surface area contributed by atoms with Crippen molar-refractivity contribution in [2.24, 2.45) is 0 Å². The number of carbonyl (C=O) groups excluding carboxylic acids is 1. The molecule has 2 atom stereocenters. The summed E-state index contributed by atoms with van der Waals surface area (Å²) in [7, 11) is 0. The second-order valence-corrected chi connectivity index (χ2v) is 6.09. The Morgan fingerprint density at radius 2 is 1.76 bits per heavy atom.